The Hall–Kier alpha value is -1.42. The zero-order valence-corrected chi connectivity index (χ0v) is 9.68. The molecular formula is C12H17N3O. The SMILES string of the molecule is CN(C)C(C(=O)NC1CC1)c1cccnc1. The van der Waals surface area contributed by atoms with E-state index in [0.29, 0.717) is 6.04 Å². The Morgan fingerprint density at radius 1 is 1.56 bits per heavy atom. The largest absolute Gasteiger partial charge is 0.352 e. The van der Waals surface area contributed by atoms with E-state index in [1.54, 1.807) is 12.4 Å². The van der Waals surface area contributed by atoms with E-state index in [9.17, 15) is 4.79 Å². The molecule has 0 aromatic carbocycles. The molecule has 1 fully saturated rings. The number of carbonyl (C=O) groups is 1. The Labute approximate surface area is 95.7 Å². The molecule has 1 atom stereocenters. The van der Waals surface area contributed by atoms with Crippen LogP contribution in [0.1, 0.15) is 24.4 Å². The summed E-state index contributed by atoms with van der Waals surface area (Å²) in [6.07, 6.45) is 5.68. The number of aromatic nitrogens is 1. The number of hydrogen-bond acceptors (Lipinski definition) is 3. The van der Waals surface area contributed by atoms with Gasteiger partial charge in [0.05, 0.1) is 0 Å². The first-order valence-electron chi connectivity index (χ1n) is 5.55. The van der Waals surface area contributed by atoms with Gasteiger partial charge in [-0.15, -0.1) is 0 Å². The molecule has 16 heavy (non-hydrogen) atoms. The fourth-order valence-corrected chi connectivity index (χ4v) is 1.73. The molecule has 4 heteroatoms. The van der Waals surface area contributed by atoms with Gasteiger partial charge in [-0.25, -0.2) is 0 Å². The number of amides is 1. The summed E-state index contributed by atoms with van der Waals surface area (Å²) in [6.45, 7) is 0. The third-order valence-electron chi connectivity index (χ3n) is 2.69. The number of rotatable bonds is 4. The quantitative estimate of drug-likeness (QED) is 0.820. The van der Waals surface area contributed by atoms with Gasteiger partial charge >= 0.3 is 0 Å². The summed E-state index contributed by atoms with van der Waals surface area (Å²) < 4.78 is 0. The van der Waals surface area contributed by atoms with Crippen LogP contribution < -0.4 is 5.32 Å². The van der Waals surface area contributed by atoms with Crippen molar-refractivity contribution >= 4 is 5.91 Å². The Balaban J connectivity index is 2.12. The smallest absolute Gasteiger partial charge is 0.242 e. The predicted octanol–water partition coefficient (Wildman–Crippen LogP) is 0.963. The highest BCUT2D eigenvalue weighted by Gasteiger charge is 2.29. The topological polar surface area (TPSA) is 45.2 Å². The maximum Gasteiger partial charge on any atom is 0.242 e. The number of nitrogens with one attached hydrogen (secondary N) is 1. The predicted molar refractivity (Wildman–Crippen MR) is 61.8 cm³/mol. The van der Waals surface area contributed by atoms with E-state index in [4.69, 9.17) is 0 Å². The fourth-order valence-electron chi connectivity index (χ4n) is 1.73. The molecule has 1 heterocycles. The van der Waals surface area contributed by atoms with Gasteiger partial charge in [-0.1, -0.05) is 6.07 Å². The summed E-state index contributed by atoms with van der Waals surface area (Å²) in [5, 5.41) is 3.03. The van der Waals surface area contributed by atoms with Gasteiger partial charge in [0, 0.05) is 18.4 Å². The van der Waals surface area contributed by atoms with Gasteiger partial charge in [-0.2, -0.15) is 0 Å². The lowest BCUT2D eigenvalue weighted by atomic mass is 10.1. The molecule has 1 aliphatic rings. The second kappa shape index (κ2) is 4.61. The second-order valence-electron chi connectivity index (χ2n) is 4.44. The van der Waals surface area contributed by atoms with Gasteiger partial charge in [0.1, 0.15) is 6.04 Å². The van der Waals surface area contributed by atoms with E-state index < -0.39 is 0 Å². The van der Waals surface area contributed by atoms with Crippen molar-refractivity contribution in [2.24, 2.45) is 0 Å². The Bertz CT molecular complexity index is 360. The minimum atomic E-state index is -0.241. The van der Waals surface area contributed by atoms with Gasteiger partial charge in [0.25, 0.3) is 0 Å². The van der Waals surface area contributed by atoms with Crippen molar-refractivity contribution < 1.29 is 4.79 Å². The van der Waals surface area contributed by atoms with E-state index in [-0.39, 0.29) is 11.9 Å². The van der Waals surface area contributed by atoms with Gasteiger partial charge in [-0.05, 0) is 38.6 Å². The van der Waals surface area contributed by atoms with Crippen molar-refractivity contribution in [2.75, 3.05) is 14.1 Å². The molecule has 0 saturated heterocycles. The molecule has 1 aliphatic carbocycles. The lowest BCUT2D eigenvalue weighted by molar-refractivity contribution is -0.125. The third-order valence-corrected chi connectivity index (χ3v) is 2.69. The molecule has 1 aromatic heterocycles. The van der Waals surface area contributed by atoms with Crippen molar-refractivity contribution in [1.82, 2.24) is 15.2 Å². The molecule has 1 saturated carbocycles. The van der Waals surface area contributed by atoms with Crippen LogP contribution in [0.15, 0.2) is 24.5 Å². The average Bonchev–Trinajstić information content (AvgIpc) is 3.03. The number of likely N-dealkylation sites (N-methyl/N-ethyl adjacent to an activating group) is 1. The van der Waals surface area contributed by atoms with Gasteiger partial charge in [-0.3, -0.25) is 14.7 Å². The zero-order valence-electron chi connectivity index (χ0n) is 9.68. The zero-order chi connectivity index (χ0) is 11.5. The number of carbonyl (C=O) groups excluding carboxylic acids is 1. The molecule has 2 rings (SSSR count). The Morgan fingerprint density at radius 2 is 2.31 bits per heavy atom. The molecule has 1 amide bonds. The number of nitrogens with zero attached hydrogens (tertiary/aromatic N) is 2. The van der Waals surface area contributed by atoms with Crippen LogP contribution >= 0.6 is 0 Å². The van der Waals surface area contributed by atoms with Crippen molar-refractivity contribution in [2.45, 2.75) is 24.9 Å². The monoisotopic (exact) mass is 219 g/mol. The first-order chi connectivity index (χ1) is 7.68. The normalized spacial score (nSPS) is 17.2. The first kappa shape index (κ1) is 11.1. The van der Waals surface area contributed by atoms with Crippen LogP contribution in [0.2, 0.25) is 0 Å². The standard InChI is InChI=1S/C12H17N3O/c1-15(2)11(9-4-3-7-13-8-9)12(16)14-10-5-6-10/h3-4,7-8,10-11H,5-6H2,1-2H3,(H,14,16). The number of pyridine rings is 1. The highest BCUT2D eigenvalue weighted by atomic mass is 16.2. The number of hydrogen-bond donors (Lipinski definition) is 1. The molecular weight excluding hydrogens is 202 g/mol. The van der Waals surface area contributed by atoms with Gasteiger partial charge in [0.15, 0.2) is 0 Å². The summed E-state index contributed by atoms with van der Waals surface area (Å²) in [5.41, 5.74) is 0.936. The summed E-state index contributed by atoms with van der Waals surface area (Å²) in [6, 6.07) is 3.95. The third kappa shape index (κ3) is 2.58. The molecule has 1 unspecified atom stereocenters. The average molecular weight is 219 g/mol. The molecule has 0 radical (unpaired) electrons. The van der Waals surface area contributed by atoms with Crippen molar-refractivity contribution in [3.63, 3.8) is 0 Å². The highest BCUT2D eigenvalue weighted by molar-refractivity contribution is 5.83. The maximum atomic E-state index is 12.1. The summed E-state index contributed by atoms with van der Waals surface area (Å²) in [7, 11) is 3.81. The van der Waals surface area contributed by atoms with E-state index >= 15 is 0 Å². The van der Waals surface area contributed by atoms with Crippen LogP contribution in [-0.4, -0.2) is 35.9 Å². The van der Waals surface area contributed by atoms with E-state index in [0.717, 1.165) is 18.4 Å². The second-order valence-corrected chi connectivity index (χ2v) is 4.44. The first-order valence-corrected chi connectivity index (χ1v) is 5.55. The van der Waals surface area contributed by atoms with E-state index in [2.05, 4.69) is 10.3 Å². The molecule has 1 aromatic rings. The lowest BCUT2D eigenvalue weighted by Gasteiger charge is -2.23. The van der Waals surface area contributed by atoms with Gasteiger partial charge in [0.2, 0.25) is 5.91 Å². The fraction of sp³-hybridized carbons (Fsp3) is 0.500. The van der Waals surface area contributed by atoms with Crippen LogP contribution in [-0.2, 0) is 4.79 Å². The van der Waals surface area contributed by atoms with Crippen molar-refractivity contribution in [3.8, 4) is 0 Å². The summed E-state index contributed by atoms with van der Waals surface area (Å²) >= 11 is 0. The molecule has 86 valence electrons. The minimum Gasteiger partial charge on any atom is -0.352 e. The van der Waals surface area contributed by atoms with Crippen LogP contribution in [0.5, 0.6) is 0 Å². The molecule has 1 N–H and O–H groups in total. The summed E-state index contributed by atoms with van der Waals surface area (Å²) in [5.74, 6) is 0.0699. The van der Waals surface area contributed by atoms with Gasteiger partial charge < -0.3 is 5.32 Å². The van der Waals surface area contributed by atoms with Crippen molar-refractivity contribution in [1.29, 1.82) is 0 Å². The highest BCUT2D eigenvalue weighted by Crippen LogP contribution is 2.22. The molecule has 0 aliphatic heterocycles. The lowest BCUT2D eigenvalue weighted by Crippen LogP contribution is -2.38. The van der Waals surface area contributed by atoms with Crippen LogP contribution in [0.3, 0.4) is 0 Å². The Morgan fingerprint density at radius 3 is 2.81 bits per heavy atom. The van der Waals surface area contributed by atoms with Crippen molar-refractivity contribution in [3.05, 3.63) is 30.1 Å². The summed E-state index contributed by atoms with van der Waals surface area (Å²) in [4.78, 5) is 18.0. The van der Waals surface area contributed by atoms with E-state index in [1.807, 2.05) is 31.1 Å². The molecule has 0 bridgehead atoms. The van der Waals surface area contributed by atoms with Crippen LogP contribution in [0.25, 0.3) is 0 Å². The Kier molecular flexibility index (Phi) is 3.19. The maximum absolute atomic E-state index is 12.1. The van der Waals surface area contributed by atoms with E-state index in [1.165, 1.54) is 0 Å². The minimum absolute atomic E-state index is 0.0699. The van der Waals surface area contributed by atoms with Crippen LogP contribution in [0.4, 0.5) is 0 Å². The molecule has 4 nitrogen and oxygen atoms in total. The van der Waals surface area contributed by atoms with Crippen LogP contribution in [0, 0.1) is 0 Å². The molecule has 0 spiro atoms.